The topological polar surface area (TPSA) is 21.3 Å². The SMILES string of the molecule is CC1CNCC12CCOCC2C. The standard InChI is InChI=1S/C10H19NO/c1-8-5-11-7-10(8)3-4-12-6-9(10)2/h8-9,11H,3-7H2,1-2H3. The van der Waals surface area contributed by atoms with Crippen LogP contribution < -0.4 is 5.32 Å². The summed E-state index contributed by atoms with van der Waals surface area (Å²) in [5.74, 6) is 1.56. The average molecular weight is 169 g/mol. The first-order valence-electron chi connectivity index (χ1n) is 5.04. The Morgan fingerprint density at radius 2 is 2.17 bits per heavy atom. The normalized spacial score (nSPS) is 48.5. The van der Waals surface area contributed by atoms with Crippen LogP contribution in [0.4, 0.5) is 0 Å². The lowest BCUT2D eigenvalue weighted by Crippen LogP contribution is -2.42. The molecule has 2 heteroatoms. The van der Waals surface area contributed by atoms with Gasteiger partial charge in [0.1, 0.15) is 0 Å². The number of hydrogen-bond donors (Lipinski definition) is 1. The predicted molar refractivity (Wildman–Crippen MR) is 49.1 cm³/mol. The molecule has 2 heterocycles. The zero-order valence-corrected chi connectivity index (χ0v) is 8.10. The van der Waals surface area contributed by atoms with Crippen molar-refractivity contribution in [2.45, 2.75) is 20.3 Å². The van der Waals surface area contributed by atoms with Crippen molar-refractivity contribution in [3.05, 3.63) is 0 Å². The second-order valence-electron chi connectivity index (χ2n) is 4.49. The summed E-state index contributed by atoms with van der Waals surface area (Å²) in [5.41, 5.74) is 0.554. The first-order chi connectivity index (χ1) is 5.76. The highest BCUT2D eigenvalue weighted by molar-refractivity contribution is 4.97. The molecule has 0 bridgehead atoms. The van der Waals surface area contributed by atoms with Gasteiger partial charge in [-0.3, -0.25) is 0 Å². The molecule has 0 aromatic rings. The summed E-state index contributed by atoms with van der Waals surface area (Å²) in [7, 11) is 0. The third-order valence-electron chi connectivity index (χ3n) is 3.95. The Bertz CT molecular complexity index is 171. The molecule has 0 aromatic heterocycles. The Morgan fingerprint density at radius 1 is 1.33 bits per heavy atom. The Labute approximate surface area is 74.7 Å². The van der Waals surface area contributed by atoms with E-state index in [2.05, 4.69) is 19.2 Å². The molecule has 2 fully saturated rings. The smallest absolute Gasteiger partial charge is 0.0497 e. The number of ether oxygens (including phenoxy) is 1. The maximum Gasteiger partial charge on any atom is 0.0497 e. The van der Waals surface area contributed by atoms with Crippen molar-refractivity contribution in [3.63, 3.8) is 0 Å². The Balaban J connectivity index is 2.15. The summed E-state index contributed by atoms with van der Waals surface area (Å²) in [6, 6.07) is 0. The van der Waals surface area contributed by atoms with Crippen molar-refractivity contribution in [1.82, 2.24) is 5.32 Å². The molecule has 1 N–H and O–H groups in total. The molecule has 2 nitrogen and oxygen atoms in total. The van der Waals surface area contributed by atoms with E-state index in [1.807, 2.05) is 0 Å². The second-order valence-corrected chi connectivity index (χ2v) is 4.49. The van der Waals surface area contributed by atoms with Gasteiger partial charge >= 0.3 is 0 Å². The molecule has 0 radical (unpaired) electrons. The van der Waals surface area contributed by atoms with E-state index in [0.717, 1.165) is 25.0 Å². The van der Waals surface area contributed by atoms with E-state index in [1.54, 1.807) is 0 Å². The van der Waals surface area contributed by atoms with Gasteiger partial charge in [0.05, 0.1) is 0 Å². The van der Waals surface area contributed by atoms with E-state index >= 15 is 0 Å². The van der Waals surface area contributed by atoms with E-state index in [9.17, 15) is 0 Å². The van der Waals surface area contributed by atoms with Crippen molar-refractivity contribution in [1.29, 1.82) is 0 Å². The first-order valence-corrected chi connectivity index (χ1v) is 5.04. The van der Waals surface area contributed by atoms with E-state index in [1.165, 1.54) is 19.5 Å². The summed E-state index contributed by atoms with van der Waals surface area (Å²) in [6.07, 6.45) is 1.25. The number of hydrogen-bond acceptors (Lipinski definition) is 2. The minimum absolute atomic E-state index is 0.554. The molecule has 2 aliphatic heterocycles. The lowest BCUT2D eigenvalue weighted by Gasteiger charge is -2.42. The average Bonchev–Trinajstić information content (AvgIpc) is 2.41. The molecule has 2 saturated heterocycles. The van der Waals surface area contributed by atoms with Crippen LogP contribution in [0.15, 0.2) is 0 Å². The number of rotatable bonds is 0. The molecule has 0 aliphatic carbocycles. The molecule has 2 rings (SSSR count). The van der Waals surface area contributed by atoms with Crippen molar-refractivity contribution in [2.75, 3.05) is 26.3 Å². The molecular weight excluding hydrogens is 150 g/mol. The predicted octanol–water partition coefficient (Wildman–Crippen LogP) is 1.27. The molecule has 12 heavy (non-hydrogen) atoms. The summed E-state index contributed by atoms with van der Waals surface area (Å²) in [6.45, 7) is 9.05. The fraction of sp³-hybridized carbons (Fsp3) is 1.00. The van der Waals surface area contributed by atoms with E-state index < -0.39 is 0 Å². The monoisotopic (exact) mass is 169 g/mol. The number of nitrogens with one attached hydrogen (secondary N) is 1. The highest BCUT2D eigenvalue weighted by Gasteiger charge is 2.45. The maximum absolute atomic E-state index is 5.49. The maximum atomic E-state index is 5.49. The van der Waals surface area contributed by atoms with Gasteiger partial charge in [0.25, 0.3) is 0 Å². The summed E-state index contributed by atoms with van der Waals surface area (Å²) in [5, 5.41) is 3.51. The minimum Gasteiger partial charge on any atom is -0.381 e. The molecule has 0 saturated carbocycles. The van der Waals surface area contributed by atoms with Gasteiger partial charge in [0.2, 0.25) is 0 Å². The van der Waals surface area contributed by atoms with E-state index in [0.29, 0.717) is 5.41 Å². The van der Waals surface area contributed by atoms with Gasteiger partial charge < -0.3 is 10.1 Å². The Hall–Kier alpha value is -0.0800. The van der Waals surface area contributed by atoms with Crippen LogP contribution in [-0.4, -0.2) is 26.3 Å². The molecule has 3 unspecified atom stereocenters. The van der Waals surface area contributed by atoms with E-state index in [4.69, 9.17) is 4.74 Å². The highest BCUT2D eigenvalue weighted by atomic mass is 16.5. The Kier molecular flexibility index (Phi) is 2.13. The Morgan fingerprint density at radius 3 is 2.75 bits per heavy atom. The van der Waals surface area contributed by atoms with Crippen molar-refractivity contribution >= 4 is 0 Å². The van der Waals surface area contributed by atoms with Crippen LogP contribution in [0, 0.1) is 17.3 Å². The van der Waals surface area contributed by atoms with Gasteiger partial charge in [-0.2, -0.15) is 0 Å². The summed E-state index contributed by atoms with van der Waals surface area (Å²) >= 11 is 0. The van der Waals surface area contributed by atoms with Gasteiger partial charge in [0, 0.05) is 19.8 Å². The quantitative estimate of drug-likeness (QED) is 0.589. The van der Waals surface area contributed by atoms with Gasteiger partial charge in [-0.1, -0.05) is 13.8 Å². The van der Waals surface area contributed by atoms with Crippen LogP contribution in [-0.2, 0) is 4.74 Å². The second kappa shape index (κ2) is 3.00. The fourth-order valence-electron chi connectivity index (χ4n) is 2.83. The van der Waals surface area contributed by atoms with Crippen LogP contribution >= 0.6 is 0 Å². The fourth-order valence-corrected chi connectivity index (χ4v) is 2.83. The zero-order chi connectivity index (χ0) is 8.60. The lowest BCUT2D eigenvalue weighted by molar-refractivity contribution is -0.0425. The van der Waals surface area contributed by atoms with E-state index in [-0.39, 0.29) is 0 Å². The van der Waals surface area contributed by atoms with Crippen LogP contribution in [0.5, 0.6) is 0 Å². The van der Waals surface area contributed by atoms with Gasteiger partial charge in [0.15, 0.2) is 0 Å². The lowest BCUT2D eigenvalue weighted by atomic mass is 9.67. The minimum atomic E-state index is 0.554. The van der Waals surface area contributed by atoms with Crippen LogP contribution in [0.3, 0.4) is 0 Å². The van der Waals surface area contributed by atoms with Gasteiger partial charge in [-0.25, -0.2) is 0 Å². The third kappa shape index (κ3) is 1.09. The molecule has 1 spiro atoms. The van der Waals surface area contributed by atoms with Crippen LogP contribution in [0.2, 0.25) is 0 Å². The van der Waals surface area contributed by atoms with Crippen LogP contribution in [0.1, 0.15) is 20.3 Å². The molecule has 3 atom stereocenters. The zero-order valence-electron chi connectivity index (χ0n) is 8.10. The largest absolute Gasteiger partial charge is 0.381 e. The highest BCUT2D eigenvalue weighted by Crippen LogP contribution is 2.44. The van der Waals surface area contributed by atoms with Gasteiger partial charge in [-0.15, -0.1) is 0 Å². The van der Waals surface area contributed by atoms with Crippen LogP contribution in [0.25, 0.3) is 0 Å². The third-order valence-corrected chi connectivity index (χ3v) is 3.95. The van der Waals surface area contributed by atoms with Crippen molar-refractivity contribution < 1.29 is 4.74 Å². The molecule has 2 aliphatic rings. The molecular formula is C10H19NO. The summed E-state index contributed by atoms with van der Waals surface area (Å²) < 4.78 is 5.49. The van der Waals surface area contributed by atoms with Crippen molar-refractivity contribution in [3.8, 4) is 0 Å². The van der Waals surface area contributed by atoms with Gasteiger partial charge in [-0.05, 0) is 30.2 Å². The molecule has 70 valence electrons. The van der Waals surface area contributed by atoms with Crippen molar-refractivity contribution in [2.24, 2.45) is 17.3 Å². The summed E-state index contributed by atoms with van der Waals surface area (Å²) in [4.78, 5) is 0. The molecule has 0 aromatic carbocycles. The molecule has 0 amide bonds. The first kappa shape index (κ1) is 8.52.